The Morgan fingerprint density at radius 1 is 0.952 bits per heavy atom. The van der Waals surface area contributed by atoms with Crippen molar-refractivity contribution < 1.29 is 0 Å². The molecule has 0 aliphatic carbocycles. The second kappa shape index (κ2) is 5.61. The van der Waals surface area contributed by atoms with E-state index >= 15 is 0 Å². The van der Waals surface area contributed by atoms with E-state index in [1.807, 2.05) is 50.5 Å². The first kappa shape index (κ1) is 13.7. The average molecular weight is 300 g/mol. The maximum atomic E-state index is 5.95. The molecule has 0 fully saturated rings. The Balaban J connectivity index is 1.94. The third kappa shape index (κ3) is 3.08. The van der Waals surface area contributed by atoms with Gasteiger partial charge in [0.1, 0.15) is 5.82 Å². The van der Waals surface area contributed by atoms with Gasteiger partial charge < -0.3 is 4.90 Å². The molecule has 2 heterocycles. The van der Waals surface area contributed by atoms with E-state index in [0.29, 0.717) is 18.2 Å². The van der Waals surface area contributed by atoms with Gasteiger partial charge in [-0.1, -0.05) is 24.3 Å². The number of hydrogen-bond donors (Lipinski definition) is 0. The van der Waals surface area contributed by atoms with Gasteiger partial charge in [-0.15, -0.1) is 0 Å². The van der Waals surface area contributed by atoms with Crippen molar-refractivity contribution in [3.05, 3.63) is 53.2 Å². The Kier molecular flexibility index (Phi) is 3.66. The van der Waals surface area contributed by atoms with Crippen LogP contribution in [-0.4, -0.2) is 34.0 Å². The fourth-order valence-corrected chi connectivity index (χ4v) is 2.20. The highest BCUT2D eigenvalue weighted by atomic mass is 35.5. The zero-order valence-corrected chi connectivity index (χ0v) is 12.5. The standard InChI is InChI=1S/C15H14ClN5/c1-21(2)15-19-13(18-14(16)20-15)9-11-8-7-10-5-3-4-6-12(10)17-11/h3-8H,9H2,1-2H3. The van der Waals surface area contributed by atoms with E-state index in [4.69, 9.17) is 11.6 Å². The maximum Gasteiger partial charge on any atom is 0.229 e. The Bertz CT molecular complexity index is 788. The normalized spacial score (nSPS) is 10.8. The summed E-state index contributed by atoms with van der Waals surface area (Å²) in [5.74, 6) is 1.16. The SMILES string of the molecule is CN(C)c1nc(Cl)nc(Cc2ccc3ccccc3n2)n1. The van der Waals surface area contributed by atoms with E-state index in [9.17, 15) is 0 Å². The van der Waals surface area contributed by atoms with Crippen molar-refractivity contribution in [1.82, 2.24) is 19.9 Å². The molecule has 106 valence electrons. The predicted molar refractivity (Wildman–Crippen MR) is 83.7 cm³/mol. The topological polar surface area (TPSA) is 54.8 Å². The number of nitrogens with zero attached hydrogens (tertiary/aromatic N) is 5. The van der Waals surface area contributed by atoms with Crippen LogP contribution < -0.4 is 4.90 Å². The summed E-state index contributed by atoms with van der Waals surface area (Å²) in [6.07, 6.45) is 0.522. The first-order chi connectivity index (χ1) is 10.1. The zero-order chi connectivity index (χ0) is 14.8. The van der Waals surface area contributed by atoms with Crippen LogP contribution in [0.15, 0.2) is 36.4 Å². The summed E-state index contributed by atoms with van der Waals surface area (Å²) in [6, 6.07) is 12.0. The molecule has 0 N–H and O–H groups in total. The summed E-state index contributed by atoms with van der Waals surface area (Å²) in [5.41, 5.74) is 1.86. The molecular formula is C15H14ClN5. The van der Waals surface area contributed by atoms with Gasteiger partial charge in [-0.3, -0.25) is 4.98 Å². The summed E-state index contributed by atoms with van der Waals surface area (Å²) in [7, 11) is 3.73. The summed E-state index contributed by atoms with van der Waals surface area (Å²) in [4.78, 5) is 19.0. The largest absolute Gasteiger partial charge is 0.347 e. The van der Waals surface area contributed by atoms with Crippen molar-refractivity contribution in [2.75, 3.05) is 19.0 Å². The molecule has 0 aliphatic rings. The van der Waals surface area contributed by atoms with Gasteiger partial charge in [-0.25, -0.2) is 4.98 Å². The number of halogens is 1. The van der Waals surface area contributed by atoms with E-state index in [0.717, 1.165) is 16.6 Å². The van der Waals surface area contributed by atoms with Crippen LogP contribution in [0.4, 0.5) is 5.95 Å². The van der Waals surface area contributed by atoms with Gasteiger partial charge in [0.15, 0.2) is 0 Å². The van der Waals surface area contributed by atoms with Crippen LogP contribution in [0, 0.1) is 0 Å². The molecule has 1 aromatic carbocycles. The number of hydrogen-bond acceptors (Lipinski definition) is 5. The number of benzene rings is 1. The quantitative estimate of drug-likeness (QED) is 0.744. The van der Waals surface area contributed by atoms with Gasteiger partial charge in [0.2, 0.25) is 11.2 Å². The lowest BCUT2D eigenvalue weighted by atomic mass is 10.2. The van der Waals surface area contributed by atoms with Gasteiger partial charge in [-0.05, 0) is 23.7 Å². The molecule has 0 radical (unpaired) electrons. The molecular weight excluding hydrogens is 286 g/mol. The van der Waals surface area contributed by atoms with Gasteiger partial charge in [0.05, 0.1) is 11.9 Å². The minimum absolute atomic E-state index is 0.199. The Labute approximate surface area is 127 Å². The molecule has 0 unspecified atom stereocenters. The molecule has 0 spiro atoms. The average Bonchev–Trinajstić information content (AvgIpc) is 2.46. The Hall–Kier alpha value is -2.27. The summed E-state index contributed by atoms with van der Waals surface area (Å²) in [6.45, 7) is 0. The van der Waals surface area contributed by atoms with Gasteiger partial charge in [-0.2, -0.15) is 9.97 Å². The minimum Gasteiger partial charge on any atom is -0.347 e. The third-order valence-corrected chi connectivity index (χ3v) is 3.21. The molecule has 0 aliphatic heterocycles. The highest BCUT2D eigenvalue weighted by Gasteiger charge is 2.08. The summed E-state index contributed by atoms with van der Waals surface area (Å²) < 4.78 is 0. The molecule has 0 saturated heterocycles. The molecule has 21 heavy (non-hydrogen) atoms. The second-order valence-corrected chi connectivity index (χ2v) is 5.23. The first-order valence-corrected chi connectivity index (χ1v) is 6.92. The van der Waals surface area contributed by atoms with Crippen molar-refractivity contribution in [3.8, 4) is 0 Å². The fourth-order valence-electron chi connectivity index (χ4n) is 2.03. The molecule has 3 rings (SSSR count). The number of fused-ring (bicyclic) bond motifs is 1. The molecule has 3 aromatic rings. The van der Waals surface area contributed by atoms with E-state index in [-0.39, 0.29) is 5.28 Å². The van der Waals surface area contributed by atoms with Gasteiger partial charge >= 0.3 is 0 Å². The second-order valence-electron chi connectivity index (χ2n) is 4.89. The molecule has 0 atom stereocenters. The van der Waals surface area contributed by atoms with E-state index in [2.05, 4.69) is 19.9 Å². The Morgan fingerprint density at radius 2 is 1.76 bits per heavy atom. The van der Waals surface area contributed by atoms with E-state index in [1.54, 1.807) is 4.90 Å². The molecule has 6 heteroatoms. The van der Waals surface area contributed by atoms with Crippen molar-refractivity contribution in [1.29, 1.82) is 0 Å². The number of rotatable bonds is 3. The van der Waals surface area contributed by atoms with Crippen LogP contribution in [0.2, 0.25) is 5.28 Å². The van der Waals surface area contributed by atoms with Crippen molar-refractivity contribution in [2.24, 2.45) is 0 Å². The Morgan fingerprint density at radius 3 is 2.57 bits per heavy atom. The molecule has 0 bridgehead atoms. The highest BCUT2D eigenvalue weighted by molar-refractivity contribution is 6.28. The predicted octanol–water partition coefficient (Wildman–Crippen LogP) is 2.73. The van der Waals surface area contributed by atoms with Crippen LogP contribution in [0.1, 0.15) is 11.5 Å². The van der Waals surface area contributed by atoms with Crippen LogP contribution in [0.3, 0.4) is 0 Å². The minimum atomic E-state index is 0.199. The van der Waals surface area contributed by atoms with Gasteiger partial charge in [0.25, 0.3) is 0 Å². The summed E-state index contributed by atoms with van der Waals surface area (Å²) >= 11 is 5.95. The van der Waals surface area contributed by atoms with Crippen LogP contribution >= 0.6 is 11.6 Å². The van der Waals surface area contributed by atoms with Crippen LogP contribution in [-0.2, 0) is 6.42 Å². The molecule has 2 aromatic heterocycles. The number of para-hydroxylation sites is 1. The number of pyridine rings is 1. The van der Waals surface area contributed by atoms with Gasteiger partial charge in [0, 0.05) is 25.2 Å². The summed E-state index contributed by atoms with van der Waals surface area (Å²) in [5, 5.41) is 1.31. The third-order valence-electron chi connectivity index (χ3n) is 3.04. The van der Waals surface area contributed by atoms with E-state index in [1.165, 1.54) is 0 Å². The molecule has 0 amide bonds. The lowest BCUT2D eigenvalue weighted by Gasteiger charge is -2.11. The highest BCUT2D eigenvalue weighted by Crippen LogP contribution is 2.15. The van der Waals surface area contributed by atoms with Crippen molar-refractivity contribution in [2.45, 2.75) is 6.42 Å². The smallest absolute Gasteiger partial charge is 0.229 e. The maximum absolute atomic E-state index is 5.95. The van der Waals surface area contributed by atoms with Crippen molar-refractivity contribution in [3.63, 3.8) is 0 Å². The number of anilines is 1. The van der Waals surface area contributed by atoms with Crippen LogP contribution in [0.5, 0.6) is 0 Å². The first-order valence-electron chi connectivity index (χ1n) is 6.54. The zero-order valence-electron chi connectivity index (χ0n) is 11.8. The number of aromatic nitrogens is 4. The lowest BCUT2D eigenvalue weighted by molar-refractivity contribution is 0.873. The monoisotopic (exact) mass is 299 g/mol. The lowest BCUT2D eigenvalue weighted by Crippen LogP contribution is -2.15. The van der Waals surface area contributed by atoms with Crippen LogP contribution in [0.25, 0.3) is 10.9 Å². The molecule has 0 saturated carbocycles. The van der Waals surface area contributed by atoms with E-state index < -0.39 is 0 Å². The molecule has 5 nitrogen and oxygen atoms in total. The fraction of sp³-hybridized carbons (Fsp3) is 0.200. The van der Waals surface area contributed by atoms with Crippen molar-refractivity contribution >= 4 is 28.5 Å².